The fourth-order valence-corrected chi connectivity index (χ4v) is 2.58. The third kappa shape index (κ3) is 3.35. The van der Waals surface area contributed by atoms with Crippen LogP contribution in [-0.4, -0.2) is 24.4 Å². The van der Waals surface area contributed by atoms with Gasteiger partial charge in [0.05, 0.1) is 0 Å². The number of nitrogens with zero attached hydrogens (tertiary/aromatic N) is 1. The number of rotatable bonds is 3. The van der Waals surface area contributed by atoms with Crippen molar-refractivity contribution in [3.05, 3.63) is 46.4 Å². The molecule has 0 aromatic heterocycles. The number of amides is 1. The Morgan fingerprint density at radius 2 is 1.79 bits per heavy atom. The van der Waals surface area contributed by atoms with E-state index in [0.717, 1.165) is 27.4 Å². The zero-order valence-electron chi connectivity index (χ0n) is 11.5. The summed E-state index contributed by atoms with van der Waals surface area (Å²) in [7, 11) is 1.86. The van der Waals surface area contributed by atoms with Crippen LogP contribution in [0.2, 0.25) is 0 Å². The number of hydrogen-bond acceptors (Lipinski definition) is 1. The second-order valence-corrected chi connectivity index (χ2v) is 6.20. The molecule has 1 amide bonds. The first kappa shape index (κ1) is 14.1. The van der Waals surface area contributed by atoms with Crippen LogP contribution >= 0.6 is 15.9 Å². The highest BCUT2D eigenvalue weighted by molar-refractivity contribution is 9.10. The van der Waals surface area contributed by atoms with Crippen LogP contribution in [0.1, 0.15) is 24.2 Å². The zero-order valence-corrected chi connectivity index (χ0v) is 13.1. The average molecular weight is 320 g/mol. The third-order valence-electron chi connectivity index (χ3n) is 3.03. The summed E-state index contributed by atoms with van der Waals surface area (Å²) >= 11 is 3.46. The molecule has 0 atom stereocenters. The Morgan fingerprint density at radius 1 is 1.16 bits per heavy atom. The lowest BCUT2D eigenvalue weighted by atomic mass is 10.1. The predicted molar refractivity (Wildman–Crippen MR) is 83.4 cm³/mol. The quantitative estimate of drug-likeness (QED) is 0.824. The molecule has 0 aliphatic rings. The van der Waals surface area contributed by atoms with Crippen LogP contribution < -0.4 is 0 Å². The van der Waals surface area contributed by atoms with Crippen molar-refractivity contribution in [3.8, 4) is 0 Å². The van der Waals surface area contributed by atoms with Gasteiger partial charge < -0.3 is 4.90 Å². The van der Waals surface area contributed by atoms with Crippen LogP contribution in [0.25, 0.3) is 10.8 Å². The molecule has 2 rings (SSSR count). The minimum Gasteiger partial charge on any atom is -0.341 e. The Kier molecular flexibility index (Phi) is 4.25. The van der Waals surface area contributed by atoms with Crippen molar-refractivity contribution >= 4 is 32.6 Å². The van der Waals surface area contributed by atoms with Crippen LogP contribution in [0.15, 0.2) is 40.9 Å². The van der Waals surface area contributed by atoms with Crippen molar-refractivity contribution in [3.63, 3.8) is 0 Å². The van der Waals surface area contributed by atoms with Crippen LogP contribution in [0.3, 0.4) is 0 Å². The summed E-state index contributed by atoms with van der Waals surface area (Å²) in [6.45, 7) is 5.00. The molecule has 2 aromatic carbocycles. The number of hydrogen-bond donors (Lipinski definition) is 0. The van der Waals surface area contributed by atoms with Gasteiger partial charge in [0, 0.05) is 23.6 Å². The molecule has 0 spiro atoms. The molecule has 100 valence electrons. The largest absolute Gasteiger partial charge is 0.341 e. The maximum Gasteiger partial charge on any atom is 0.253 e. The Hall–Kier alpha value is -1.35. The molecule has 0 bridgehead atoms. The van der Waals surface area contributed by atoms with Crippen LogP contribution in [-0.2, 0) is 0 Å². The maximum atomic E-state index is 12.3. The standard InChI is InChI=1S/C16H18BrNO/c1-11(2)10-18(3)16(19)14-5-4-13-9-15(17)7-6-12(13)8-14/h4-9,11H,10H2,1-3H3. The van der Waals surface area contributed by atoms with E-state index in [9.17, 15) is 4.79 Å². The summed E-state index contributed by atoms with van der Waals surface area (Å²) in [6.07, 6.45) is 0. The number of fused-ring (bicyclic) bond motifs is 1. The molecule has 2 nitrogen and oxygen atoms in total. The van der Waals surface area contributed by atoms with Crippen molar-refractivity contribution in [1.82, 2.24) is 4.90 Å². The van der Waals surface area contributed by atoms with Gasteiger partial charge in [0.15, 0.2) is 0 Å². The summed E-state index contributed by atoms with van der Waals surface area (Å²) in [5.41, 5.74) is 0.748. The molecule has 0 aliphatic heterocycles. The molecular weight excluding hydrogens is 302 g/mol. The number of benzene rings is 2. The molecule has 19 heavy (non-hydrogen) atoms. The van der Waals surface area contributed by atoms with E-state index < -0.39 is 0 Å². The maximum absolute atomic E-state index is 12.3. The molecule has 0 heterocycles. The fraction of sp³-hybridized carbons (Fsp3) is 0.312. The Balaban J connectivity index is 2.30. The van der Waals surface area contributed by atoms with Gasteiger partial charge in [-0.25, -0.2) is 0 Å². The van der Waals surface area contributed by atoms with Crippen molar-refractivity contribution in [2.75, 3.05) is 13.6 Å². The lowest BCUT2D eigenvalue weighted by molar-refractivity contribution is 0.0779. The summed E-state index contributed by atoms with van der Waals surface area (Å²) < 4.78 is 1.05. The molecule has 3 heteroatoms. The first-order valence-corrected chi connectivity index (χ1v) is 7.21. The molecule has 0 fully saturated rings. The highest BCUT2D eigenvalue weighted by Gasteiger charge is 2.13. The third-order valence-corrected chi connectivity index (χ3v) is 3.53. The van der Waals surface area contributed by atoms with Gasteiger partial charge in [0.2, 0.25) is 0 Å². The Bertz CT molecular complexity index is 607. The van der Waals surface area contributed by atoms with Gasteiger partial charge in [0.25, 0.3) is 5.91 Å². The van der Waals surface area contributed by atoms with E-state index in [1.54, 1.807) is 4.90 Å². The van der Waals surface area contributed by atoms with Crippen molar-refractivity contribution in [2.24, 2.45) is 5.92 Å². The minimum atomic E-state index is 0.0820. The lowest BCUT2D eigenvalue weighted by Gasteiger charge is -2.19. The average Bonchev–Trinajstić information content (AvgIpc) is 2.36. The predicted octanol–water partition coefficient (Wildman–Crippen LogP) is 4.33. The first-order valence-electron chi connectivity index (χ1n) is 6.42. The van der Waals surface area contributed by atoms with Gasteiger partial charge in [-0.1, -0.05) is 41.9 Å². The van der Waals surface area contributed by atoms with E-state index >= 15 is 0 Å². The minimum absolute atomic E-state index is 0.0820. The number of carbonyl (C=O) groups is 1. The van der Waals surface area contributed by atoms with Gasteiger partial charge in [-0.15, -0.1) is 0 Å². The van der Waals surface area contributed by atoms with E-state index in [0.29, 0.717) is 5.92 Å². The Labute approximate surface area is 122 Å². The monoisotopic (exact) mass is 319 g/mol. The van der Waals surface area contributed by atoms with Gasteiger partial charge >= 0.3 is 0 Å². The summed E-state index contributed by atoms with van der Waals surface area (Å²) in [5.74, 6) is 0.559. The van der Waals surface area contributed by atoms with Crippen LogP contribution in [0, 0.1) is 5.92 Å². The molecule has 0 radical (unpaired) electrons. The van der Waals surface area contributed by atoms with Crippen LogP contribution in [0.5, 0.6) is 0 Å². The van der Waals surface area contributed by atoms with E-state index in [4.69, 9.17) is 0 Å². The van der Waals surface area contributed by atoms with E-state index in [2.05, 4.69) is 35.8 Å². The molecule has 0 saturated heterocycles. The zero-order chi connectivity index (χ0) is 14.0. The molecule has 2 aromatic rings. The normalized spacial score (nSPS) is 11.0. The second-order valence-electron chi connectivity index (χ2n) is 5.29. The van der Waals surface area contributed by atoms with Gasteiger partial charge in [0.1, 0.15) is 0 Å². The van der Waals surface area contributed by atoms with E-state index in [1.807, 2.05) is 37.4 Å². The smallest absolute Gasteiger partial charge is 0.253 e. The lowest BCUT2D eigenvalue weighted by Crippen LogP contribution is -2.30. The van der Waals surface area contributed by atoms with Gasteiger partial charge in [-0.2, -0.15) is 0 Å². The highest BCUT2D eigenvalue weighted by Crippen LogP contribution is 2.21. The molecule has 0 N–H and O–H groups in total. The van der Waals surface area contributed by atoms with Crippen molar-refractivity contribution in [1.29, 1.82) is 0 Å². The Morgan fingerprint density at radius 3 is 2.47 bits per heavy atom. The van der Waals surface area contributed by atoms with E-state index in [-0.39, 0.29) is 5.91 Å². The molecular formula is C16H18BrNO. The first-order chi connectivity index (χ1) is 8.97. The highest BCUT2D eigenvalue weighted by atomic mass is 79.9. The molecule has 0 unspecified atom stereocenters. The number of halogens is 1. The SMILES string of the molecule is CC(C)CN(C)C(=O)c1ccc2cc(Br)ccc2c1. The number of carbonyl (C=O) groups excluding carboxylic acids is 1. The van der Waals surface area contributed by atoms with Crippen molar-refractivity contribution < 1.29 is 4.79 Å². The van der Waals surface area contributed by atoms with Gasteiger partial charge in [-0.05, 0) is 41.0 Å². The van der Waals surface area contributed by atoms with E-state index in [1.165, 1.54) is 0 Å². The summed E-state index contributed by atoms with van der Waals surface area (Å²) in [4.78, 5) is 14.1. The van der Waals surface area contributed by atoms with Gasteiger partial charge in [-0.3, -0.25) is 4.79 Å². The summed E-state index contributed by atoms with van der Waals surface area (Å²) in [5, 5.41) is 2.23. The molecule has 0 saturated carbocycles. The molecule has 0 aliphatic carbocycles. The fourth-order valence-electron chi connectivity index (χ4n) is 2.20. The topological polar surface area (TPSA) is 20.3 Å². The van der Waals surface area contributed by atoms with Crippen LogP contribution in [0.4, 0.5) is 0 Å². The van der Waals surface area contributed by atoms with Crippen molar-refractivity contribution in [2.45, 2.75) is 13.8 Å². The summed E-state index contributed by atoms with van der Waals surface area (Å²) in [6, 6.07) is 11.9. The second kappa shape index (κ2) is 5.74.